The predicted molar refractivity (Wildman–Crippen MR) is 90.0 cm³/mol. The first-order chi connectivity index (χ1) is 11.1. The molecular formula is C17H21Cl2NO3. The molecular weight excluding hydrogens is 337 g/mol. The lowest BCUT2D eigenvalue weighted by atomic mass is 9.89. The summed E-state index contributed by atoms with van der Waals surface area (Å²) in [5.41, 5.74) is 1.02. The average Bonchev–Trinajstić information content (AvgIpc) is 2.56. The van der Waals surface area contributed by atoms with Gasteiger partial charge in [-0.15, -0.1) is 0 Å². The van der Waals surface area contributed by atoms with Crippen molar-refractivity contribution in [1.82, 2.24) is 5.32 Å². The zero-order chi connectivity index (χ0) is 16.2. The number of hydrogen-bond donors (Lipinski definition) is 1. The van der Waals surface area contributed by atoms with Gasteiger partial charge in [0.2, 0.25) is 5.91 Å². The molecule has 4 nitrogen and oxygen atoms in total. The van der Waals surface area contributed by atoms with Crippen molar-refractivity contribution in [2.75, 3.05) is 13.2 Å². The third-order valence-corrected chi connectivity index (χ3v) is 5.21. The SMILES string of the molecule is O=C(CCc1ccc(Cl)c(Cl)c1)N[C@@H]1CC[C@@H]2OCCO[C@@H]2C1. The van der Waals surface area contributed by atoms with Crippen LogP contribution in [-0.4, -0.2) is 37.4 Å². The number of hydrogen-bond acceptors (Lipinski definition) is 3. The Bertz CT molecular complexity index is 567. The Labute approximate surface area is 146 Å². The van der Waals surface area contributed by atoms with Crippen LogP contribution >= 0.6 is 23.2 Å². The van der Waals surface area contributed by atoms with E-state index in [1.165, 1.54) is 0 Å². The van der Waals surface area contributed by atoms with Crippen LogP contribution in [0.3, 0.4) is 0 Å². The van der Waals surface area contributed by atoms with Crippen LogP contribution in [0.5, 0.6) is 0 Å². The van der Waals surface area contributed by atoms with E-state index in [-0.39, 0.29) is 24.2 Å². The van der Waals surface area contributed by atoms with Crippen molar-refractivity contribution in [1.29, 1.82) is 0 Å². The van der Waals surface area contributed by atoms with E-state index in [4.69, 9.17) is 32.7 Å². The van der Waals surface area contributed by atoms with Gasteiger partial charge in [-0.3, -0.25) is 4.79 Å². The molecule has 1 aromatic carbocycles. The van der Waals surface area contributed by atoms with Gasteiger partial charge in [-0.25, -0.2) is 0 Å². The van der Waals surface area contributed by atoms with Gasteiger partial charge in [0.25, 0.3) is 0 Å². The largest absolute Gasteiger partial charge is 0.373 e. The quantitative estimate of drug-likeness (QED) is 0.898. The van der Waals surface area contributed by atoms with E-state index >= 15 is 0 Å². The molecule has 1 N–H and O–H groups in total. The summed E-state index contributed by atoms with van der Waals surface area (Å²) in [6.45, 7) is 1.33. The summed E-state index contributed by atoms with van der Waals surface area (Å²) >= 11 is 11.9. The monoisotopic (exact) mass is 357 g/mol. The zero-order valence-electron chi connectivity index (χ0n) is 12.9. The van der Waals surface area contributed by atoms with E-state index in [0.717, 1.165) is 24.8 Å². The second-order valence-electron chi connectivity index (χ2n) is 6.14. The van der Waals surface area contributed by atoms with Crippen LogP contribution in [0, 0.1) is 0 Å². The number of carbonyl (C=O) groups excluding carboxylic acids is 1. The molecule has 23 heavy (non-hydrogen) atoms. The van der Waals surface area contributed by atoms with Gasteiger partial charge in [-0.2, -0.15) is 0 Å². The zero-order valence-corrected chi connectivity index (χ0v) is 14.4. The fraction of sp³-hybridized carbons (Fsp3) is 0.588. The van der Waals surface area contributed by atoms with Gasteiger partial charge in [0.1, 0.15) is 0 Å². The van der Waals surface area contributed by atoms with Crippen molar-refractivity contribution in [3.63, 3.8) is 0 Å². The van der Waals surface area contributed by atoms with Crippen LogP contribution in [0.15, 0.2) is 18.2 Å². The van der Waals surface area contributed by atoms with Crippen molar-refractivity contribution in [3.05, 3.63) is 33.8 Å². The molecule has 1 aliphatic heterocycles. The van der Waals surface area contributed by atoms with Gasteiger partial charge in [0.15, 0.2) is 0 Å². The maximum Gasteiger partial charge on any atom is 0.220 e. The summed E-state index contributed by atoms with van der Waals surface area (Å²) in [7, 11) is 0. The summed E-state index contributed by atoms with van der Waals surface area (Å²) in [5.74, 6) is 0.0660. The summed E-state index contributed by atoms with van der Waals surface area (Å²) in [5, 5.41) is 4.17. The van der Waals surface area contributed by atoms with Gasteiger partial charge in [0.05, 0.1) is 35.5 Å². The molecule has 0 bridgehead atoms. The number of benzene rings is 1. The highest BCUT2D eigenvalue weighted by Crippen LogP contribution is 2.27. The highest BCUT2D eigenvalue weighted by atomic mass is 35.5. The summed E-state index contributed by atoms with van der Waals surface area (Å²) in [4.78, 5) is 12.2. The molecule has 3 rings (SSSR count). The lowest BCUT2D eigenvalue weighted by molar-refractivity contribution is -0.158. The molecule has 1 amide bonds. The van der Waals surface area contributed by atoms with E-state index < -0.39 is 0 Å². The molecule has 1 aromatic rings. The van der Waals surface area contributed by atoms with Crippen LogP contribution in [0.25, 0.3) is 0 Å². The molecule has 0 spiro atoms. The first kappa shape index (κ1) is 17.0. The van der Waals surface area contributed by atoms with Crippen molar-refractivity contribution < 1.29 is 14.3 Å². The molecule has 1 saturated heterocycles. The fourth-order valence-corrected chi connectivity index (χ4v) is 3.57. The minimum Gasteiger partial charge on any atom is -0.373 e. The Morgan fingerprint density at radius 1 is 1.13 bits per heavy atom. The predicted octanol–water partition coefficient (Wildman–Crippen LogP) is 3.38. The average molecular weight is 358 g/mol. The maximum atomic E-state index is 12.2. The van der Waals surface area contributed by atoms with Crippen LogP contribution in [0.2, 0.25) is 10.0 Å². The molecule has 1 aliphatic carbocycles. The van der Waals surface area contributed by atoms with Gasteiger partial charge >= 0.3 is 0 Å². The second-order valence-corrected chi connectivity index (χ2v) is 6.96. The Morgan fingerprint density at radius 3 is 2.70 bits per heavy atom. The summed E-state index contributed by atoms with van der Waals surface area (Å²) in [6.07, 6.45) is 4.15. The van der Waals surface area contributed by atoms with Gasteiger partial charge in [-0.05, 0) is 43.4 Å². The van der Waals surface area contributed by atoms with E-state index in [9.17, 15) is 4.79 Å². The van der Waals surface area contributed by atoms with Crippen molar-refractivity contribution in [3.8, 4) is 0 Å². The van der Waals surface area contributed by atoms with Crippen LogP contribution in [-0.2, 0) is 20.7 Å². The molecule has 0 aromatic heterocycles. The minimum atomic E-state index is 0.0660. The summed E-state index contributed by atoms with van der Waals surface area (Å²) < 4.78 is 11.4. The van der Waals surface area contributed by atoms with Crippen LogP contribution in [0.1, 0.15) is 31.2 Å². The number of amides is 1. The first-order valence-electron chi connectivity index (χ1n) is 8.08. The van der Waals surface area contributed by atoms with Gasteiger partial charge < -0.3 is 14.8 Å². The first-order valence-corrected chi connectivity index (χ1v) is 8.84. The van der Waals surface area contributed by atoms with E-state index in [2.05, 4.69) is 5.32 Å². The van der Waals surface area contributed by atoms with Crippen molar-refractivity contribution in [2.24, 2.45) is 0 Å². The molecule has 3 atom stereocenters. The third kappa shape index (κ3) is 4.60. The Morgan fingerprint density at radius 2 is 1.91 bits per heavy atom. The molecule has 1 saturated carbocycles. The maximum absolute atomic E-state index is 12.2. The lowest BCUT2D eigenvalue weighted by Gasteiger charge is -2.39. The smallest absolute Gasteiger partial charge is 0.220 e. The van der Waals surface area contributed by atoms with Crippen LogP contribution < -0.4 is 5.32 Å². The molecule has 6 heteroatoms. The van der Waals surface area contributed by atoms with Gasteiger partial charge in [-0.1, -0.05) is 29.3 Å². The van der Waals surface area contributed by atoms with Gasteiger partial charge in [0, 0.05) is 12.5 Å². The topological polar surface area (TPSA) is 47.6 Å². The number of ether oxygens (including phenoxy) is 2. The lowest BCUT2D eigenvalue weighted by Crippen LogP contribution is -2.49. The second kappa shape index (κ2) is 7.84. The normalized spacial score (nSPS) is 27.3. The van der Waals surface area contributed by atoms with E-state index in [1.54, 1.807) is 6.07 Å². The van der Waals surface area contributed by atoms with E-state index in [1.807, 2.05) is 12.1 Å². The Balaban J connectivity index is 1.45. The molecule has 126 valence electrons. The molecule has 2 fully saturated rings. The summed E-state index contributed by atoms with van der Waals surface area (Å²) in [6, 6.07) is 5.66. The molecule has 0 radical (unpaired) electrons. The Kier molecular flexibility index (Phi) is 5.81. The minimum absolute atomic E-state index is 0.0660. The van der Waals surface area contributed by atoms with E-state index in [0.29, 0.717) is 36.1 Å². The number of nitrogens with one attached hydrogen (secondary N) is 1. The third-order valence-electron chi connectivity index (χ3n) is 4.47. The highest BCUT2D eigenvalue weighted by molar-refractivity contribution is 6.42. The highest BCUT2D eigenvalue weighted by Gasteiger charge is 2.34. The van der Waals surface area contributed by atoms with Crippen molar-refractivity contribution in [2.45, 2.75) is 50.4 Å². The van der Waals surface area contributed by atoms with Crippen molar-refractivity contribution >= 4 is 29.1 Å². The molecule has 0 unspecified atom stereocenters. The fourth-order valence-electron chi connectivity index (χ4n) is 3.25. The standard InChI is InChI=1S/C17H21Cl2NO3/c18-13-4-1-11(9-14(13)19)2-6-17(21)20-12-3-5-15-16(10-12)23-8-7-22-15/h1,4,9,12,15-16H,2-3,5-8,10H2,(H,20,21)/t12-,15+,16-/m1/s1. The molecule has 1 heterocycles. The van der Waals surface area contributed by atoms with Crippen LogP contribution in [0.4, 0.5) is 0 Å². The number of fused-ring (bicyclic) bond motifs is 1. The Hall–Kier alpha value is -0.810. The number of rotatable bonds is 4. The molecule has 2 aliphatic rings. The number of aryl methyl sites for hydroxylation is 1. The number of halogens is 2. The number of carbonyl (C=O) groups is 1.